The molecule has 0 radical (unpaired) electrons. The number of aryl methyl sites for hydroxylation is 1. The van der Waals surface area contributed by atoms with Crippen LogP contribution in [0.15, 0.2) is 23.3 Å². The summed E-state index contributed by atoms with van der Waals surface area (Å²) in [5.41, 5.74) is 1.06. The maximum absolute atomic E-state index is 11.9. The van der Waals surface area contributed by atoms with Gasteiger partial charge in [0.2, 0.25) is 5.91 Å². The van der Waals surface area contributed by atoms with Gasteiger partial charge in [0.15, 0.2) is 5.96 Å². The fraction of sp³-hybridized carbons (Fsp3) is 0.632. The molecule has 0 aromatic carbocycles. The van der Waals surface area contributed by atoms with Crippen molar-refractivity contribution in [3.8, 4) is 0 Å². The van der Waals surface area contributed by atoms with E-state index in [1.165, 1.54) is 0 Å². The number of nitrogens with one attached hydrogen (secondary N) is 3. The minimum absolute atomic E-state index is 0.0846. The van der Waals surface area contributed by atoms with Crippen molar-refractivity contribution >= 4 is 17.7 Å². The molecule has 1 aliphatic rings. The van der Waals surface area contributed by atoms with Crippen molar-refractivity contribution in [2.24, 2.45) is 10.9 Å². The summed E-state index contributed by atoms with van der Waals surface area (Å²) in [7, 11) is 1.71. The summed E-state index contributed by atoms with van der Waals surface area (Å²) in [6.07, 6.45) is 4.06. The third kappa shape index (κ3) is 8.83. The number of aromatic nitrogens is 1. The average Bonchev–Trinajstić information content (AvgIpc) is 3.18. The first kappa shape index (κ1) is 21.1. The highest BCUT2D eigenvalue weighted by atomic mass is 16.5. The Bertz CT molecular complexity index is 586. The number of amides is 1. The summed E-state index contributed by atoms with van der Waals surface area (Å²) < 4.78 is 11.0. The average molecular weight is 377 g/mol. The third-order valence-corrected chi connectivity index (χ3v) is 4.18. The van der Waals surface area contributed by atoms with Crippen molar-refractivity contribution < 1.29 is 14.3 Å². The molecule has 0 saturated carbocycles. The van der Waals surface area contributed by atoms with Gasteiger partial charge in [-0.15, -0.1) is 0 Å². The fourth-order valence-electron chi connectivity index (χ4n) is 2.61. The van der Waals surface area contributed by atoms with Gasteiger partial charge in [0.05, 0.1) is 13.2 Å². The number of anilines is 1. The lowest BCUT2D eigenvalue weighted by atomic mass is 10.1. The molecule has 1 amide bonds. The minimum atomic E-state index is -0.0846. The van der Waals surface area contributed by atoms with E-state index in [0.29, 0.717) is 37.3 Å². The van der Waals surface area contributed by atoms with E-state index in [0.717, 1.165) is 44.8 Å². The predicted octanol–water partition coefficient (Wildman–Crippen LogP) is 1.33. The Balaban J connectivity index is 1.50. The number of rotatable bonds is 10. The molecule has 0 aliphatic carbocycles. The van der Waals surface area contributed by atoms with E-state index in [4.69, 9.17) is 9.47 Å². The van der Waals surface area contributed by atoms with E-state index in [2.05, 4.69) is 25.9 Å². The lowest BCUT2D eigenvalue weighted by molar-refractivity contribution is -0.116. The molecule has 2 heterocycles. The summed E-state index contributed by atoms with van der Waals surface area (Å²) in [6, 6.07) is 3.71. The van der Waals surface area contributed by atoms with Crippen molar-refractivity contribution in [1.29, 1.82) is 0 Å². The Labute approximate surface area is 161 Å². The quantitative estimate of drug-likeness (QED) is 0.323. The number of aliphatic imine (C=N–C) groups is 1. The number of hydrogen-bond acceptors (Lipinski definition) is 5. The van der Waals surface area contributed by atoms with Gasteiger partial charge in [0.1, 0.15) is 5.82 Å². The highest BCUT2D eigenvalue weighted by molar-refractivity contribution is 5.90. The molecule has 1 aliphatic heterocycles. The third-order valence-electron chi connectivity index (χ3n) is 4.18. The molecule has 0 spiro atoms. The normalized spacial score (nSPS) is 17.0. The summed E-state index contributed by atoms with van der Waals surface area (Å²) in [5.74, 6) is 1.71. The zero-order valence-electron chi connectivity index (χ0n) is 16.3. The number of carbonyl (C=O) groups excluding carboxylic acids is 1. The monoisotopic (exact) mass is 377 g/mol. The molecule has 1 fully saturated rings. The van der Waals surface area contributed by atoms with Crippen molar-refractivity contribution in [2.75, 3.05) is 51.9 Å². The van der Waals surface area contributed by atoms with Crippen LogP contribution >= 0.6 is 0 Å². The largest absolute Gasteiger partial charge is 0.381 e. The Kier molecular flexibility index (Phi) is 9.57. The van der Waals surface area contributed by atoms with E-state index in [9.17, 15) is 4.79 Å². The van der Waals surface area contributed by atoms with Crippen LogP contribution in [0.5, 0.6) is 0 Å². The van der Waals surface area contributed by atoms with Crippen LogP contribution in [0.3, 0.4) is 0 Å². The Morgan fingerprint density at radius 3 is 2.93 bits per heavy atom. The Morgan fingerprint density at radius 2 is 2.22 bits per heavy atom. The Morgan fingerprint density at radius 1 is 1.37 bits per heavy atom. The first-order valence-electron chi connectivity index (χ1n) is 9.50. The highest BCUT2D eigenvalue weighted by Crippen LogP contribution is 2.12. The summed E-state index contributed by atoms with van der Waals surface area (Å²) in [4.78, 5) is 20.2. The van der Waals surface area contributed by atoms with Crippen molar-refractivity contribution in [2.45, 2.75) is 26.2 Å². The van der Waals surface area contributed by atoms with Crippen LogP contribution in [-0.2, 0) is 14.3 Å². The van der Waals surface area contributed by atoms with Gasteiger partial charge >= 0.3 is 0 Å². The topological polar surface area (TPSA) is 96.9 Å². The zero-order chi connectivity index (χ0) is 19.3. The zero-order valence-corrected chi connectivity index (χ0v) is 16.3. The first-order valence-corrected chi connectivity index (χ1v) is 9.50. The number of ether oxygens (including phenoxy) is 2. The summed E-state index contributed by atoms with van der Waals surface area (Å²) in [6.45, 7) is 6.39. The predicted molar refractivity (Wildman–Crippen MR) is 106 cm³/mol. The van der Waals surface area contributed by atoms with Crippen LogP contribution in [0.4, 0.5) is 5.82 Å². The molecule has 8 heteroatoms. The van der Waals surface area contributed by atoms with Crippen molar-refractivity contribution in [1.82, 2.24) is 15.6 Å². The van der Waals surface area contributed by atoms with Crippen LogP contribution in [0.25, 0.3) is 0 Å². The van der Waals surface area contributed by atoms with Gasteiger partial charge in [-0.05, 0) is 31.4 Å². The number of nitrogens with zero attached hydrogens (tertiary/aromatic N) is 2. The fourth-order valence-corrected chi connectivity index (χ4v) is 2.61. The summed E-state index contributed by atoms with van der Waals surface area (Å²) in [5, 5.41) is 9.12. The smallest absolute Gasteiger partial charge is 0.227 e. The molecule has 1 aromatic rings. The molecule has 2 rings (SSSR count). The van der Waals surface area contributed by atoms with Gasteiger partial charge in [-0.1, -0.05) is 6.07 Å². The molecular weight excluding hydrogens is 346 g/mol. The molecule has 1 atom stereocenters. The molecule has 3 N–H and O–H groups in total. The molecule has 1 aromatic heterocycles. The van der Waals surface area contributed by atoms with Gasteiger partial charge in [-0.3, -0.25) is 9.79 Å². The van der Waals surface area contributed by atoms with Gasteiger partial charge < -0.3 is 25.4 Å². The number of guanidine groups is 1. The van der Waals surface area contributed by atoms with Crippen molar-refractivity contribution in [3.05, 3.63) is 23.9 Å². The highest BCUT2D eigenvalue weighted by Gasteiger charge is 2.15. The maximum Gasteiger partial charge on any atom is 0.227 e. The molecule has 1 saturated heterocycles. The van der Waals surface area contributed by atoms with Crippen molar-refractivity contribution in [3.63, 3.8) is 0 Å². The van der Waals surface area contributed by atoms with Crippen LogP contribution in [0.1, 0.15) is 24.8 Å². The second kappa shape index (κ2) is 12.2. The van der Waals surface area contributed by atoms with E-state index in [1.807, 2.05) is 13.0 Å². The molecular formula is C19H31N5O3. The molecule has 150 valence electrons. The van der Waals surface area contributed by atoms with Gasteiger partial charge in [0, 0.05) is 51.9 Å². The first-order chi connectivity index (χ1) is 13.2. The standard InChI is InChI=1S/C19H31N5O3/c1-15-4-5-17(23-12-15)24-18(25)6-9-22-19(20-2)21-8-3-10-26-13-16-7-11-27-14-16/h4-5,12,16H,3,6-11,13-14H2,1-2H3,(H2,20,21,22)(H,23,24,25). The molecule has 0 bridgehead atoms. The number of pyridine rings is 1. The van der Waals surface area contributed by atoms with Crippen LogP contribution in [0, 0.1) is 12.8 Å². The van der Waals surface area contributed by atoms with Gasteiger partial charge in [-0.2, -0.15) is 0 Å². The molecule has 1 unspecified atom stereocenters. The molecule has 27 heavy (non-hydrogen) atoms. The van der Waals surface area contributed by atoms with E-state index < -0.39 is 0 Å². The second-order valence-electron chi connectivity index (χ2n) is 6.60. The minimum Gasteiger partial charge on any atom is -0.381 e. The van der Waals surface area contributed by atoms with Crippen LogP contribution in [-0.4, -0.2) is 63.4 Å². The second-order valence-corrected chi connectivity index (χ2v) is 6.60. The van der Waals surface area contributed by atoms with E-state index >= 15 is 0 Å². The van der Waals surface area contributed by atoms with E-state index in [1.54, 1.807) is 19.3 Å². The van der Waals surface area contributed by atoms with Gasteiger partial charge in [-0.25, -0.2) is 4.98 Å². The molecule has 8 nitrogen and oxygen atoms in total. The Hall–Kier alpha value is -2.19. The SMILES string of the molecule is CN=C(NCCCOCC1CCOC1)NCCC(=O)Nc1ccc(C)cn1. The van der Waals surface area contributed by atoms with E-state index in [-0.39, 0.29) is 5.91 Å². The number of carbonyl (C=O) groups is 1. The van der Waals surface area contributed by atoms with Crippen LogP contribution < -0.4 is 16.0 Å². The lowest BCUT2D eigenvalue weighted by Crippen LogP contribution is -2.39. The summed E-state index contributed by atoms with van der Waals surface area (Å²) >= 11 is 0. The maximum atomic E-state index is 11.9. The number of hydrogen-bond donors (Lipinski definition) is 3. The van der Waals surface area contributed by atoms with Gasteiger partial charge in [0.25, 0.3) is 0 Å². The van der Waals surface area contributed by atoms with Crippen LogP contribution in [0.2, 0.25) is 0 Å². The lowest BCUT2D eigenvalue weighted by Gasteiger charge is -2.12.